The summed E-state index contributed by atoms with van der Waals surface area (Å²) in [6, 6.07) is 27.1. The van der Waals surface area contributed by atoms with Gasteiger partial charge < -0.3 is 20.1 Å². The summed E-state index contributed by atoms with van der Waals surface area (Å²) in [6.07, 6.45) is 3.94. The number of carbonyl (C=O) groups is 3. The van der Waals surface area contributed by atoms with Gasteiger partial charge in [0.25, 0.3) is 5.91 Å². The summed E-state index contributed by atoms with van der Waals surface area (Å²) < 4.78 is 39.6. The van der Waals surface area contributed by atoms with Crippen LogP contribution in [-0.2, 0) is 43.7 Å². The van der Waals surface area contributed by atoms with Crippen molar-refractivity contribution in [3.63, 3.8) is 0 Å². The molecule has 0 aliphatic heterocycles. The number of nitrogens with zero attached hydrogens (tertiary/aromatic N) is 1. The molecule has 52 heavy (non-hydrogen) atoms. The van der Waals surface area contributed by atoms with Crippen LogP contribution in [0.1, 0.15) is 70.0 Å². The highest BCUT2D eigenvalue weighted by molar-refractivity contribution is 9.10. The Morgan fingerprint density at radius 1 is 0.808 bits per heavy atom. The summed E-state index contributed by atoms with van der Waals surface area (Å²) in [5.74, 6) is -1.24. The van der Waals surface area contributed by atoms with E-state index in [0.29, 0.717) is 43.5 Å². The third-order valence-electron chi connectivity index (χ3n) is 9.48. The van der Waals surface area contributed by atoms with Crippen molar-refractivity contribution in [1.82, 2.24) is 4.31 Å². The molecule has 0 heterocycles. The predicted molar refractivity (Wildman–Crippen MR) is 205 cm³/mol. The smallest absolute Gasteiger partial charge is 0.337 e. The van der Waals surface area contributed by atoms with Crippen LogP contribution in [0, 0.1) is 5.92 Å². The van der Waals surface area contributed by atoms with E-state index in [2.05, 4.69) is 38.7 Å². The van der Waals surface area contributed by atoms with E-state index in [9.17, 15) is 22.8 Å². The number of ether oxygens (including phenoxy) is 2. The molecule has 0 unspecified atom stereocenters. The maximum Gasteiger partial charge on any atom is 0.337 e. The van der Waals surface area contributed by atoms with Crippen LogP contribution < -0.4 is 10.6 Å². The van der Waals surface area contributed by atoms with Crippen LogP contribution >= 0.6 is 15.9 Å². The molecule has 0 atom stereocenters. The first-order chi connectivity index (χ1) is 25.0. The van der Waals surface area contributed by atoms with Gasteiger partial charge in [0.05, 0.1) is 30.6 Å². The Bertz CT molecular complexity index is 1980. The molecule has 274 valence electrons. The summed E-state index contributed by atoms with van der Waals surface area (Å²) in [7, 11) is -1.16. The Morgan fingerprint density at radius 3 is 2.08 bits per heavy atom. The molecule has 2 N–H and O–H groups in total. The lowest BCUT2D eigenvalue weighted by atomic mass is 9.86. The second-order valence-corrected chi connectivity index (χ2v) is 15.6. The summed E-state index contributed by atoms with van der Waals surface area (Å²) >= 11 is 3.53. The molecule has 10 nitrogen and oxygen atoms in total. The Labute approximate surface area is 314 Å². The van der Waals surface area contributed by atoms with Gasteiger partial charge in [0, 0.05) is 40.5 Å². The standard InChI is InChI=1S/C40H44BrN3O7S/c1-4-44(35-21-16-30(17-22-35)40(47)51-3)52(48,49)36-7-5-6-31(25-36)38(45)43-37-23-18-33(41)24-32(37)26-42-34-19-12-28(13-20-34)9-8-27-10-14-29(15-11-27)39(46)50-2/h5-7,10-15,18-20,23-25,30,35,42H,4,8-9,16-17,21-22,26H2,1-3H3,(H,43,45). The number of aryl methyl sites for hydroxylation is 2. The van der Waals surface area contributed by atoms with Crippen molar-refractivity contribution in [2.45, 2.75) is 62.9 Å². The first-order valence-electron chi connectivity index (χ1n) is 17.3. The van der Waals surface area contributed by atoms with Gasteiger partial charge in [0.15, 0.2) is 0 Å². The zero-order valence-electron chi connectivity index (χ0n) is 29.6. The molecule has 4 aromatic rings. The Morgan fingerprint density at radius 2 is 1.46 bits per heavy atom. The van der Waals surface area contributed by atoms with Crippen molar-refractivity contribution in [3.8, 4) is 0 Å². The quantitative estimate of drug-likeness (QED) is 0.125. The number of carbonyl (C=O) groups excluding carboxylic acids is 3. The number of sulfonamides is 1. The third kappa shape index (κ3) is 9.67. The molecular formula is C40H44BrN3O7S. The van der Waals surface area contributed by atoms with Crippen molar-refractivity contribution in [3.05, 3.63) is 123 Å². The van der Waals surface area contributed by atoms with Crippen molar-refractivity contribution >= 4 is 55.2 Å². The van der Waals surface area contributed by atoms with Gasteiger partial charge in [0.2, 0.25) is 10.0 Å². The number of anilines is 2. The molecule has 1 fully saturated rings. The van der Waals surface area contributed by atoms with Crippen LogP contribution in [-0.4, -0.2) is 57.4 Å². The van der Waals surface area contributed by atoms with E-state index in [1.165, 1.54) is 36.2 Å². The number of amides is 1. The average Bonchev–Trinajstić information content (AvgIpc) is 3.17. The van der Waals surface area contributed by atoms with E-state index in [4.69, 9.17) is 9.47 Å². The second-order valence-electron chi connectivity index (χ2n) is 12.8. The van der Waals surface area contributed by atoms with E-state index in [-0.39, 0.29) is 40.9 Å². The molecule has 4 aromatic carbocycles. The molecule has 0 saturated heterocycles. The number of methoxy groups -OCH3 is 2. The second kappa shape index (κ2) is 17.8. The Hall–Kier alpha value is -4.52. The van der Waals surface area contributed by atoms with Gasteiger partial charge in [-0.2, -0.15) is 4.31 Å². The molecule has 1 aliphatic rings. The number of halogens is 1. The van der Waals surface area contributed by atoms with E-state index in [1.54, 1.807) is 31.2 Å². The first kappa shape index (κ1) is 38.7. The lowest BCUT2D eigenvalue weighted by molar-refractivity contribution is -0.146. The van der Waals surface area contributed by atoms with Crippen LogP contribution in [0.2, 0.25) is 0 Å². The molecule has 12 heteroatoms. The van der Waals surface area contributed by atoms with E-state index in [0.717, 1.165) is 34.1 Å². The largest absolute Gasteiger partial charge is 0.469 e. The normalized spacial score (nSPS) is 15.9. The van der Waals surface area contributed by atoms with Crippen LogP contribution in [0.15, 0.2) is 100 Å². The van der Waals surface area contributed by atoms with Crippen molar-refractivity contribution in [2.75, 3.05) is 31.4 Å². The molecular weight excluding hydrogens is 746 g/mol. The summed E-state index contributed by atoms with van der Waals surface area (Å²) in [5.41, 5.74) is 5.42. The highest BCUT2D eigenvalue weighted by Gasteiger charge is 2.35. The number of esters is 2. The molecule has 0 aromatic heterocycles. The maximum absolute atomic E-state index is 13.8. The van der Waals surface area contributed by atoms with Crippen LogP contribution in [0.25, 0.3) is 0 Å². The lowest BCUT2D eigenvalue weighted by Crippen LogP contribution is -2.43. The molecule has 0 spiro atoms. The van der Waals surface area contributed by atoms with Gasteiger partial charge >= 0.3 is 11.9 Å². The first-order valence-corrected chi connectivity index (χ1v) is 19.5. The van der Waals surface area contributed by atoms with E-state index in [1.807, 2.05) is 42.5 Å². The van der Waals surface area contributed by atoms with Crippen LogP contribution in [0.4, 0.5) is 11.4 Å². The topological polar surface area (TPSA) is 131 Å². The summed E-state index contributed by atoms with van der Waals surface area (Å²) in [5, 5.41) is 6.40. The Kier molecular flexibility index (Phi) is 13.3. The fourth-order valence-electron chi connectivity index (χ4n) is 6.55. The summed E-state index contributed by atoms with van der Waals surface area (Å²) in [4.78, 5) is 37.2. The summed E-state index contributed by atoms with van der Waals surface area (Å²) in [6.45, 7) is 2.51. The number of hydrogen-bond donors (Lipinski definition) is 2. The third-order valence-corrected chi connectivity index (χ3v) is 12.0. The predicted octanol–water partition coefficient (Wildman–Crippen LogP) is 7.63. The van der Waals surface area contributed by atoms with Crippen molar-refractivity contribution in [1.29, 1.82) is 0 Å². The fourth-order valence-corrected chi connectivity index (χ4v) is 8.70. The number of rotatable bonds is 14. The average molecular weight is 791 g/mol. The van der Waals surface area contributed by atoms with Gasteiger partial charge in [-0.15, -0.1) is 0 Å². The monoisotopic (exact) mass is 789 g/mol. The zero-order chi connectivity index (χ0) is 37.3. The number of benzene rings is 4. The van der Waals surface area contributed by atoms with E-state index >= 15 is 0 Å². The van der Waals surface area contributed by atoms with Crippen molar-refractivity contribution in [2.24, 2.45) is 5.92 Å². The van der Waals surface area contributed by atoms with Crippen molar-refractivity contribution < 1.29 is 32.3 Å². The molecule has 1 aliphatic carbocycles. The Balaban J connectivity index is 1.20. The highest BCUT2D eigenvalue weighted by Crippen LogP contribution is 2.32. The van der Waals surface area contributed by atoms with Gasteiger partial charge in [-0.05, 0) is 116 Å². The van der Waals surface area contributed by atoms with Crippen LogP contribution in [0.3, 0.4) is 0 Å². The SMILES string of the molecule is CCN(C1CCC(C(=O)OC)CC1)S(=O)(=O)c1cccc(C(=O)Nc2ccc(Br)cc2CNc2ccc(CCc3ccc(C(=O)OC)cc3)cc2)c1. The lowest BCUT2D eigenvalue weighted by Gasteiger charge is -2.34. The zero-order valence-corrected chi connectivity index (χ0v) is 32.0. The maximum atomic E-state index is 13.8. The molecule has 0 radical (unpaired) electrons. The van der Waals surface area contributed by atoms with E-state index < -0.39 is 15.9 Å². The molecule has 1 saturated carbocycles. The van der Waals surface area contributed by atoms with Gasteiger partial charge in [-0.3, -0.25) is 9.59 Å². The van der Waals surface area contributed by atoms with Gasteiger partial charge in [-0.25, -0.2) is 13.2 Å². The number of nitrogens with one attached hydrogen (secondary N) is 2. The highest BCUT2D eigenvalue weighted by atomic mass is 79.9. The van der Waals surface area contributed by atoms with Gasteiger partial charge in [0.1, 0.15) is 0 Å². The minimum absolute atomic E-state index is 0.0507. The molecule has 5 rings (SSSR count). The molecule has 1 amide bonds. The van der Waals surface area contributed by atoms with Gasteiger partial charge in [-0.1, -0.05) is 53.2 Å². The fraction of sp³-hybridized carbons (Fsp3) is 0.325. The minimum Gasteiger partial charge on any atom is -0.469 e. The minimum atomic E-state index is -3.90. The van der Waals surface area contributed by atoms with Crippen LogP contribution in [0.5, 0.6) is 0 Å². The molecule has 0 bridgehead atoms. The number of hydrogen-bond acceptors (Lipinski definition) is 8.